The smallest absolute Gasteiger partial charge is 0.244 e. The van der Waals surface area contributed by atoms with Crippen LogP contribution < -0.4 is 5.32 Å². The normalized spacial score (nSPS) is 11.4. The predicted molar refractivity (Wildman–Crippen MR) is 86.4 cm³/mol. The Morgan fingerprint density at radius 3 is 2.55 bits per heavy atom. The van der Waals surface area contributed by atoms with Gasteiger partial charge in [-0.1, -0.05) is 31.0 Å². The number of aryl methyl sites for hydroxylation is 1. The summed E-state index contributed by atoms with van der Waals surface area (Å²) in [6.45, 7) is 3.07. The van der Waals surface area contributed by atoms with E-state index in [2.05, 4.69) is 12.2 Å². The number of likely N-dealkylation sites (N-methyl/N-ethyl adjacent to an activating group) is 2. The van der Waals surface area contributed by atoms with Crippen LogP contribution in [0.3, 0.4) is 0 Å². The van der Waals surface area contributed by atoms with Gasteiger partial charge in [0, 0.05) is 20.1 Å². The molecule has 0 spiro atoms. The van der Waals surface area contributed by atoms with Gasteiger partial charge in [0.05, 0.1) is 5.02 Å². The summed E-state index contributed by atoms with van der Waals surface area (Å²) in [4.78, 5) is 0.193. The molecule has 0 heterocycles. The third kappa shape index (κ3) is 4.90. The number of sulfonamides is 1. The number of nitrogens with one attached hydrogen (secondary N) is 1. The fourth-order valence-corrected chi connectivity index (χ4v) is 3.44. The molecule has 0 amide bonds. The monoisotopic (exact) mass is 340 g/mol. The lowest BCUT2D eigenvalue weighted by molar-refractivity contribution is 0.466. The van der Waals surface area contributed by atoms with Gasteiger partial charge in [0.15, 0.2) is 0 Å². The van der Waals surface area contributed by atoms with E-state index in [1.807, 2.05) is 6.07 Å². The van der Waals surface area contributed by atoms with Crippen LogP contribution in [0.1, 0.15) is 18.9 Å². The molecule has 0 atom stereocenters. The lowest BCUT2D eigenvalue weighted by Crippen LogP contribution is -2.33. The van der Waals surface area contributed by atoms with E-state index in [-0.39, 0.29) is 22.3 Å². The van der Waals surface area contributed by atoms with Crippen LogP contribution in [0.5, 0.6) is 0 Å². The zero-order valence-electron chi connectivity index (χ0n) is 12.0. The molecule has 0 aromatic heterocycles. The number of benzene rings is 1. The Morgan fingerprint density at radius 2 is 2.00 bits per heavy atom. The number of halogens is 2. The highest BCUT2D eigenvalue weighted by molar-refractivity contribution is 7.89. The van der Waals surface area contributed by atoms with Crippen LogP contribution in [-0.2, 0) is 16.4 Å². The zero-order chi connectivity index (χ0) is 14.5. The van der Waals surface area contributed by atoms with Crippen LogP contribution in [-0.4, -0.2) is 39.9 Å². The largest absolute Gasteiger partial charge is 0.318 e. The number of rotatable bonds is 7. The lowest BCUT2D eigenvalue weighted by atomic mass is 10.1. The van der Waals surface area contributed by atoms with E-state index in [4.69, 9.17) is 11.6 Å². The molecule has 0 aliphatic heterocycles. The van der Waals surface area contributed by atoms with Crippen molar-refractivity contribution in [1.29, 1.82) is 0 Å². The van der Waals surface area contributed by atoms with Gasteiger partial charge in [-0.25, -0.2) is 8.42 Å². The van der Waals surface area contributed by atoms with Crippen molar-refractivity contribution in [3.8, 4) is 0 Å². The molecule has 4 nitrogen and oxygen atoms in total. The first-order valence-electron chi connectivity index (χ1n) is 6.32. The summed E-state index contributed by atoms with van der Waals surface area (Å²) in [7, 11) is -0.169. The van der Waals surface area contributed by atoms with Crippen molar-refractivity contribution in [2.75, 3.05) is 27.2 Å². The molecule has 0 bridgehead atoms. The second-order valence-corrected chi connectivity index (χ2v) is 6.87. The van der Waals surface area contributed by atoms with E-state index in [1.165, 1.54) is 4.31 Å². The van der Waals surface area contributed by atoms with E-state index < -0.39 is 10.0 Å². The summed E-state index contributed by atoms with van der Waals surface area (Å²) in [6.07, 6.45) is 1.82. The molecule has 0 aliphatic carbocycles. The minimum atomic E-state index is -3.52. The Balaban J connectivity index is 0.00000361. The molecule has 0 unspecified atom stereocenters. The van der Waals surface area contributed by atoms with Crippen molar-refractivity contribution in [3.63, 3.8) is 0 Å². The van der Waals surface area contributed by atoms with Gasteiger partial charge < -0.3 is 5.32 Å². The Hall–Kier alpha value is -0.330. The lowest BCUT2D eigenvalue weighted by Gasteiger charge is -2.18. The maximum atomic E-state index is 12.4. The fourth-order valence-electron chi connectivity index (χ4n) is 1.75. The molecule has 20 heavy (non-hydrogen) atoms. The van der Waals surface area contributed by atoms with Crippen molar-refractivity contribution in [3.05, 3.63) is 28.8 Å². The summed E-state index contributed by atoms with van der Waals surface area (Å²) in [5, 5.41) is 3.20. The van der Waals surface area contributed by atoms with Crippen LogP contribution in [0.25, 0.3) is 0 Å². The molecule has 1 rings (SSSR count). The van der Waals surface area contributed by atoms with Gasteiger partial charge in [-0.05, 0) is 31.2 Å². The summed E-state index contributed by atoms with van der Waals surface area (Å²) < 4.78 is 26.2. The van der Waals surface area contributed by atoms with E-state index in [1.54, 1.807) is 26.2 Å². The van der Waals surface area contributed by atoms with Gasteiger partial charge in [0.25, 0.3) is 0 Å². The molecule has 1 aromatic carbocycles. The highest BCUT2D eigenvalue weighted by Crippen LogP contribution is 2.25. The van der Waals surface area contributed by atoms with Gasteiger partial charge in [-0.15, -0.1) is 12.4 Å². The highest BCUT2D eigenvalue weighted by atomic mass is 35.5. The molecule has 0 fully saturated rings. The number of nitrogens with zero attached hydrogens (tertiary/aromatic N) is 1. The Morgan fingerprint density at radius 1 is 1.35 bits per heavy atom. The number of hydrogen-bond acceptors (Lipinski definition) is 3. The molecule has 0 saturated heterocycles. The molecular weight excluding hydrogens is 319 g/mol. The standard InChI is InChI=1S/C13H21ClN2O2S.ClH/c1-4-5-11-6-7-12(14)13(10-11)19(17,18)16(3)9-8-15-2;/h6-7,10,15H,4-5,8-9H2,1-3H3;1H. The SMILES string of the molecule is CCCc1ccc(Cl)c(S(=O)(=O)N(C)CCNC)c1.Cl. The summed E-state index contributed by atoms with van der Waals surface area (Å²) in [5.74, 6) is 0. The van der Waals surface area contributed by atoms with Crippen LogP contribution in [0, 0.1) is 0 Å². The van der Waals surface area contributed by atoms with Gasteiger partial charge in [0.1, 0.15) is 4.90 Å². The third-order valence-electron chi connectivity index (χ3n) is 2.90. The minimum absolute atomic E-state index is 0. The summed E-state index contributed by atoms with van der Waals surface area (Å²) in [6, 6.07) is 5.21. The van der Waals surface area contributed by atoms with Gasteiger partial charge in [0.2, 0.25) is 10.0 Å². The molecule has 0 radical (unpaired) electrons. The van der Waals surface area contributed by atoms with E-state index in [9.17, 15) is 8.42 Å². The quantitative estimate of drug-likeness (QED) is 0.829. The Kier molecular flexibility index (Phi) is 8.70. The molecule has 1 N–H and O–H groups in total. The van der Waals surface area contributed by atoms with E-state index >= 15 is 0 Å². The zero-order valence-corrected chi connectivity index (χ0v) is 14.4. The van der Waals surface area contributed by atoms with Gasteiger partial charge in [-0.2, -0.15) is 4.31 Å². The highest BCUT2D eigenvalue weighted by Gasteiger charge is 2.23. The van der Waals surface area contributed by atoms with Crippen LogP contribution >= 0.6 is 24.0 Å². The average molecular weight is 341 g/mol. The molecule has 0 saturated carbocycles. The van der Waals surface area contributed by atoms with Crippen LogP contribution in [0.15, 0.2) is 23.1 Å². The summed E-state index contributed by atoms with van der Waals surface area (Å²) in [5.41, 5.74) is 0.993. The first-order chi connectivity index (χ1) is 8.93. The first kappa shape index (κ1) is 19.7. The van der Waals surface area contributed by atoms with E-state index in [0.717, 1.165) is 18.4 Å². The van der Waals surface area contributed by atoms with Gasteiger partial charge in [-0.3, -0.25) is 0 Å². The van der Waals surface area contributed by atoms with Crippen molar-refractivity contribution in [1.82, 2.24) is 9.62 Å². The minimum Gasteiger partial charge on any atom is -0.318 e. The van der Waals surface area contributed by atoms with E-state index in [0.29, 0.717) is 13.1 Å². The topological polar surface area (TPSA) is 49.4 Å². The second-order valence-electron chi connectivity index (χ2n) is 4.44. The molecule has 0 aliphatic rings. The maximum Gasteiger partial charge on any atom is 0.244 e. The van der Waals surface area contributed by atoms with Crippen LogP contribution in [0.4, 0.5) is 0 Å². The van der Waals surface area contributed by atoms with Crippen molar-refractivity contribution >= 4 is 34.0 Å². The summed E-state index contributed by atoms with van der Waals surface area (Å²) >= 11 is 6.04. The van der Waals surface area contributed by atoms with Gasteiger partial charge >= 0.3 is 0 Å². The average Bonchev–Trinajstić information content (AvgIpc) is 2.38. The van der Waals surface area contributed by atoms with Crippen molar-refractivity contribution < 1.29 is 8.42 Å². The maximum absolute atomic E-state index is 12.4. The van der Waals surface area contributed by atoms with Crippen LogP contribution in [0.2, 0.25) is 5.02 Å². The Bertz CT molecular complexity index is 521. The van der Waals surface area contributed by atoms with Crippen molar-refractivity contribution in [2.24, 2.45) is 0 Å². The Labute approximate surface area is 133 Å². The van der Waals surface area contributed by atoms with Crippen molar-refractivity contribution in [2.45, 2.75) is 24.7 Å². The number of hydrogen-bond donors (Lipinski definition) is 1. The third-order valence-corrected chi connectivity index (χ3v) is 5.24. The second kappa shape index (κ2) is 8.85. The molecule has 116 valence electrons. The first-order valence-corrected chi connectivity index (χ1v) is 8.14. The molecular formula is C13H22Cl2N2O2S. The molecule has 1 aromatic rings. The fraction of sp³-hybridized carbons (Fsp3) is 0.538. The molecule has 7 heteroatoms. The predicted octanol–water partition coefficient (Wildman–Crippen LogP) is 2.55.